The van der Waals surface area contributed by atoms with Crippen molar-refractivity contribution in [3.8, 4) is 11.3 Å². The highest BCUT2D eigenvalue weighted by Gasteiger charge is 2.25. The number of ether oxygens (including phenoxy) is 1. The van der Waals surface area contributed by atoms with Crippen LogP contribution in [-0.4, -0.2) is 32.2 Å². The van der Waals surface area contributed by atoms with Crippen LogP contribution in [0.2, 0.25) is 0 Å². The molecule has 0 aromatic carbocycles. The van der Waals surface area contributed by atoms with Gasteiger partial charge in [-0.25, -0.2) is 19.3 Å². The SMILES string of the molecule is CCOC(=O)c1c(-c2cc(C)cnc2F)nn2cccnc12. The van der Waals surface area contributed by atoms with Gasteiger partial charge in [-0.2, -0.15) is 9.49 Å². The standard InChI is InChI=1S/C15H13FN4O2/c1-3-22-15(21)11-12(10-7-9(2)8-18-13(10)16)19-20-6-4-5-17-14(11)20/h4-8H,3H2,1-2H3. The second-order valence-corrected chi connectivity index (χ2v) is 4.68. The zero-order valence-electron chi connectivity index (χ0n) is 12.1. The van der Waals surface area contributed by atoms with Crippen molar-refractivity contribution in [2.24, 2.45) is 0 Å². The largest absolute Gasteiger partial charge is 0.462 e. The third kappa shape index (κ3) is 2.30. The van der Waals surface area contributed by atoms with Crippen molar-refractivity contribution in [3.05, 3.63) is 47.8 Å². The van der Waals surface area contributed by atoms with Crippen LogP contribution in [0.4, 0.5) is 4.39 Å². The van der Waals surface area contributed by atoms with Crippen molar-refractivity contribution in [1.29, 1.82) is 0 Å². The lowest BCUT2D eigenvalue weighted by Gasteiger charge is -2.04. The van der Waals surface area contributed by atoms with Gasteiger partial charge in [-0.05, 0) is 31.5 Å². The predicted molar refractivity (Wildman–Crippen MR) is 76.9 cm³/mol. The average molecular weight is 300 g/mol. The molecule has 3 rings (SSSR count). The van der Waals surface area contributed by atoms with E-state index < -0.39 is 11.9 Å². The molecule has 0 spiro atoms. The van der Waals surface area contributed by atoms with Gasteiger partial charge in [0.2, 0.25) is 5.95 Å². The van der Waals surface area contributed by atoms with E-state index in [9.17, 15) is 9.18 Å². The number of carbonyl (C=O) groups excluding carboxylic acids is 1. The zero-order chi connectivity index (χ0) is 15.7. The van der Waals surface area contributed by atoms with Gasteiger partial charge in [-0.15, -0.1) is 0 Å². The highest BCUT2D eigenvalue weighted by Crippen LogP contribution is 2.28. The smallest absolute Gasteiger partial charge is 0.344 e. The maximum Gasteiger partial charge on any atom is 0.344 e. The normalized spacial score (nSPS) is 10.9. The summed E-state index contributed by atoms with van der Waals surface area (Å²) in [6.07, 6.45) is 4.58. The van der Waals surface area contributed by atoms with E-state index in [4.69, 9.17) is 4.74 Å². The van der Waals surface area contributed by atoms with Crippen LogP contribution in [0.1, 0.15) is 22.8 Å². The lowest BCUT2D eigenvalue weighted by atomic mass is 10.1. The summed E-state index contributed by atoms with van der Waals surface area (Å²) in [5.41, 5.74) is 1.53. The molecule has 0 aliphatic carbocycles. The number of hydrogen-bond donors (Lipinski definition) is 0. The minimum atomic E-state index is -0.695. The topological polar surface area (TPSA) is 69.4 Å². The third-order valence-electron chi connectivity index (χ3n) is 3.11. The van der Waals surface area contributed by atoms with Gasteiger partial charge in [-0.1, -0.05) is 0 Å². The molecule has 0 amide bonds. The molecule has 112 valence electrons. The van der Waals surface area contributed by atoms with Gasteiger partial charge in [0.25, 0.3) is 0 Å². The van der Waals surface area contributed by atoms with Crippen LogP contribution in [0.3, 0.4) is 0 Å². The highest BCUT2D eigenvalue weighted by molar-refractivity contribution is 6.02. The average Bonchev–Trinajstić information content (AvgIpc) is 2.89. The van der Waals surface area contributed by atoms with E-state index in [2.05, 4.69) is 15.1 Å². The first kappa shape index (κ1) is 14.1. The monoisotopic (exact) mass is 300 g/mol. The molecule has 0 fully saturated rings. The van der Waals surface area contributed by atoms with Crippen LogP contribution >= 0.6 is 0 Å². The summed E-state index contributed by atoms with van der Waals surface area (Å²) in [7, 11) is 0. The van der Waals surface area contributed by atoms with Crippen molar-refractivity contribution < 1.29 is 13.9 Å². The molecular formula is C15H13FN4O2. The molecule has 3 aromatic rings. The molecule has 0 aliphatic heterocycles. The van der Waals surface area contributed by atoms with E-state index in [0.29, 0.717) is 5.65 Å². The molecule has 3 aromatic heterocycles. The Balaban J connectivity index is 2.31. The van der Waals surface area contributed by atoms with E-state index in [1.54, 1.807) is 32.2 Å². The second kappa shape index (κ2) is 5.51. The Labute approximate surface area is 125 Å². The first-order chi connectivity index (χ1) is 10.6. The van der Waals surface area contributed by atoms with Crippen LogP contribution in [0.5, 0.6) is 0 Å². The van der Waals surface area contributed by atoms with Crippen molar-refractivity contribution in [1.82, 2.24) is 19.6 Å². The van der Waals surface area contributed by atoms with Crippen molar-refractivity contribution >= 4 is 11.6 Å². The van der Waals surface area contributed by atoms with Gasteiger partial charge >= 0.3 is 5.97 Å². The van der Waals surface area contributed by atoms with Crippen LogP contribution in [0.25, 0.3) is 16.9 Å². The number of aromatic nitrogens is 4. The van der Waals surface area contributed by atoms with Crippen molar-refractivity contribution in [3.63, 3.8) is 0 Å². The fourth-order valence-corrected chi connectivity index (χ4v) is 2.19. The quantitative estimate of drug-likeness (QED) is 0.549. The summed E-state index contributed by atoms with van der Waals surface area (Å²) in [6, 6.07) is 3.26. The molecule has 0 unspecified atom stereocenters. The number of hydrogen-bond acceptors (Lipinski definition) is 5. The van der Waals surface area contributed by atoms with Gasteiger partial charge < -0.3 is 4.74 Å². The molecule has 22 heavy (non-hydrogen) atoms. The summed E-state index contributed by atoms with van der Waals surface area (Å²) in [4.78, 5) is 20.1. The number of carbonyl (C=O) groups is 1. The van der Waals surface area contributed by atoms with E-state index in [0.717, 1.165) is 5.56 Å². The van der Waals surface area contributed by atoms with E-state index in [1.807, 2.05) is 0 Å². The van der Waals surface area contributed by atoms with Gasteiger partial charge in [0.05, 0.1) is 12.2 Å². The number of pyridine rings is 1. The van der Waals surface area contributed by atoms with Gasteiger partial charge in [0.15, 0.2) is 5.65 Å². The summed E-state index contributed by atoms with van der Waals surface area (Å²) in [5, 5.41) is 4.26. The Morgan fingerprint density at radius 3 is 3.00 bits per heavy atom. The number of nitrogens with zero attached hydrogens (tertiary/aromatic N) is 4. The molecule has 0 radical (unpaired) electrons. The van der Waals surface area contributed by atoms with E-state index >= 15 is 0 Å². The molecule has 0 atom stereocenters. The van der Waals surface area contributed by atoms with Crippen LogP contribution in [0, 0.1) is 12.9 Å². The zero-order valence-corrected chi connectivity index (χ0v) is 12.1. The second-order valence-electron chi connectivity index (χ2n) is 4.68. The van der Waals surface area contributed by atoms with Gasteiger partial charge in [0.1, 0.15) is 11.3 Å². The Kier molecular flexibility index (Phi) is 3.54. The molecule has 0 bridgehead atoms. The number of fused-ring (bicyclic) bond motifs is 1. The summed E-state index contributed by atoms with van der Waals surface area (Å²) in [6.45, 7) is 3.69. The first-order valence-electron chi connectivity index (χ1n) is 6.74. The Hall–Kier alpha value is -2.83. The van der Waals surface area contributed by atoms with E-state index in [1.165, 1.54) is 16.9 Å². The summed E-state index contributed by atoms with van der Waals surface area (Å²) < 4.78 is 20.6. The molecule has 0 N–H and O–H groups in total. The van der Waals surface area contributed by atoms with Crippen LogP contribution < -0.4 is 0 Å². The molecule has 0 saturated heterocycles. The Morgan fingerprint density at radius 2 is 2.23 bits per heavy atom. The highest BCUT2D eigenvalue weighted by atomic mass is 19.1. The van der Waals surface area contributed by atoms with Gasteiger partial charge in [0, 0.05) is 18.6 Å². The minimum Gasteiger partial charge on any atom is -0.462 e. The number of halogens is 1. The lowest BCUT2D eigenvalue weighted by molar-refractivity contribution is 0.0529. The Bertz CT molecular complexity index is 860. The summed E-state index contributed by atoms with van der Waals surface area (Å²) >= 11 is 0. The minimum absolute atomic E-state index is 0.133. The predicted octanol–water partition coefficient (Wildman–Crippen LogP) is 2.42. The third-order valence-corrected chi connectivity index (χ3v) is 3.11. The van der Waals surface area contributed by atoms with Crippen LogP contribution in [0.15, 0.2) is 30.7 Å². The molecular weight excluding hydrogens is 287 g/mol. The number of esters is 1. The molecule has 0 saturated carbocycles. The van der Waals surface area contributed by atoms with Crippen LogP contribution in [-0.2, 0) is 4.74 Å². The first-order valence-corrected chi connectivity index (χ1v) is 6.74. The maximum absolute atomic E-state index is 14.1. The van der Waals surface area contributed by atoms with Crippen molar-refractivity contribution in [2.45, 2.75) is 13.8 Å². The fraction of sp³-hybridized carbons (Fsp3) is 0.200. The fourth-order valence-electron chi connectivity index (χ4n) is 2.19. The van der Waals surface area contributed by atoms with Gasteiger partial charge in [-0.3, -0.25) is 0 Å². The molecule has 0 aliphatic rings. The summed E-state index contributed by atoms with van der Waals surface area (Å²) in [5.74, 6) is -1.29. The molecule has 7 heteroatoms. The lowest BCUT2D eigenvalue weighted by Crippen LogP contribution is -2.07. The molecule has 3 heterocycles. The van der Waals surface area contributed by atoms with E-state index in [-0.39, 0.29) is 23.4 Å². The Morgan fingerprint density at radius 1 is 1.41 bits per heavy atom. The number of aryl methyl sites for hydroxylation is 1. The molecule has 6 nitrogen and oxygen atoms in total. The number of rotatable bonds is 3. The maximum atomic E-state index is 14.1. The van der Waals surface area contributed by atoms with Crippen molar-refractivity contribution in [2.75, 3.05) is 6.61 Å².